The molecule has 0 saturated carbocycles. The van der Waals surface area contributed by atoms with Crippen LogP contribution in [0.15, 0.2) is 30.3 Å². The normalized spacial score (nSPS) is 31.9. The molecule has 3 rings (SSSR count). The lowest BCUT2D eigenvalue weighted by atomic mass is 9.93. The molecule has 2 heterocycles. The second kappa shape index (κ2) is 7.24. The molecule has 0 aliphatic carbocycles. The van der Waals surface area contributed by atoms with Crippen LogP contribution in [0.25, 0.3) is 0 Å². The Labute approximate surface area is 169 Å². The van der Waals surface area contributed by atoms with Crippen molar-refractivity contribution >= 4 is 8.32 Å². The lowest BCUT2D eigenvalue weighted by molar-refractivity contribution is -0.225. The minimum atomic E-state index is -2.01. The van der Waals surface area contributed by atoms with Crippen LogP contribution < -0.4 is 0 Å². The Morgan fingerprint density at radius 3 is 2.39 bits per heavy atom. The zero-order valence-electron chi connectivity index (χ0n) is 17.9. The van der Waals surface area contributed by atoms with Gasteiger partial charge in [0.25, 0.3) is 0 Å². The topological polar surface area (TPSA) is 57.2 Å². The van der Waals surface area contributed by atoms with E-state index in [0.29, 0.717) is 0 Å². The van der Waals surface area contributed by atoms with Gasteiger partial charge in [-0.3, -0.25) is 0 Å². The van der Waals surface area contributed by atoms with Crippen molar-refractivity contribution in [3.63, 3.8) is 0 Å². The third-order valence-corrected chi connectivity index (χ3v) is 10.4. The van der Waals surface area contributed by atoms with Crippen LogP contribution in [-0.2, 0) is 18.6 Å². The molecule has 2 aliphatic rings. The quantitative estimate of drug-likeness (QED) is 0.615. The van der Waals surface area contributed by atoms with Gasteiger partial charge in [0, 0.05) is 5.56 Å². The highest BCUT2D eigenvalue weighted by molar-refractivity contribution is 6.74. The lowest BCUT2D eigenvalue weighted by Gasteiger charge is -2.38. The van der Waals surface area contributed by atoms with Crippen LogP contribution in [0.5, 0.6) is 0 Å². The highest BCUT2D eigenvalue weighted by Gasteiger charge is 2.63. The van der Waals surface area contributed by atoms with Gasteiger partial charge in [-0.25, -0.2) is 0 Å². The predicted octanol–water partition coefficient (Wildman–Crippen LogP) is 3.67. The number of hydrogen-bond acceptors (Lipinski definition) is 5. The molecule has 2 fully saturated rings. The van der Waals surface area contributed by atoms with Crippen LogP contribution >= 0.6 is 0 Å². The van der Waals surface area contributed by atoms with E-state index in [0.717, 1.165) is 5.56 Å². The molecule has 0 bridgehead atoms. The van der Waals surface area contributed by atoms with E-state index in [1.807, 2.05) is 30.3 Å². The van der Waals surface area contributed by atoms with Crippen molar-refractivity contribution in [3.8, 4) is 11.8 Å². The summed E-state index contributed by atoms with van der Waals surface area (Å²) in [5.74, 6) is 5.25. The fraction of sp³-hybridized carbons (Fsp3) is 0.636. The number of benzene rings is 1. The van der Waals surface area contributed by atoms with Crippen LogP contribution in [0, 0.1) is 11.8 Å². The summed E-state index contributed by atoms with van der Waals surface area (Å²) in [6.45, 7) is 14.7. The van der Waals surface area contributed by atoms with E-state index >= 15 is 0 Å². The molecule has 0 unspecified atom stereocenters. The van der Waals surface area contributed by atoms with Crippen molar-refractivity contribution in [2.24, 2.45) is 0 Å². The van der Waals surface area contributed by atoms with Crippen molar-refractivity contribution in [1.82, 2.24) is 0 Å². The van der Waals surface area contributed by atoms with Crippen molar-refractivity contribution in [2.75, 3.05) is 6.61 Å². The van der Waals surface area contributed by atoms with Crippen LogP contribution in [0.3, 0.4) is 0 Å². The molecule has 5 nitrogen and oxygen atoms in total. The number of fused-ring (bicyclic) bond motifs is 1. The molecule has 2 aliphatic heterocycles. The maximum Gasteiger partial charge on any atom is 0.192 e. The Hall–Kier alpha value is -1.20. The minimum Gasteiger partial charge on any atom is -0.414 e. The van der Waals surface area contributed by atoms with Gasteiger partial charge in [0.15, 0.2) is 32.1 Å². The van der Waals surface area contributed by atoms with E-state index in [4.69, 9.17) is 18.6 Å². The standard InChI is InChI=1S/C22H32O5Si/c1-20(2,3)28(6,7)24-15-17-22(23,14-13-16-11-9-8-10-12-16)18-19(25-17)27-21(4,5)26-18/h8-12,17-19,23H,15H2,1-7H3/t17-,18+,19-,22-/m1/s1. The van der Waals surface area contributed by atoms with Crippen LogP contribution in [0.1, 0.15) is 40.2 Å². The van der Waals surface area contributed by atoms with Crippen LogP contribution in [-0.4, -0.2) is 49.9 Å². The summed E-state index contributed by atoms with van der Waals surface area (Å²) in [6.07, 6.45) is -2.01. The van der Waals surface area contributed by atoms with Crippen LogP contribution in [0.4, 0.5) is 0 Å². The van der Waals surface area contributed by atoms with E-state index in [1.165, 1.54) is 0 Å². The highest BCUT2D eigenvalue weighted by Crippen LogP contribution is 2.44. The molecule has 154 valence electrons. The zero-order valence-corrected chi connectivity index (χ0v) is 18.9. The average Bonchev–Trinajstić information content (AvgIpc) is 3.03. The van der Waals surface area contributed by atoms with Gasteiger partial charge in [0.05, 0.1) is 6.61 Å². The zero-order chi connectivity index (χ0) is 20.8. The maximum atomic E-state index is 11.5. The Kier molecular flexibility index (Phi) is 5.56. The molecular formula is C22H32O5Si. The van der Waals surface area contributed by atoms with Gasteiger partial charge in [-0.15, -0.1) is 0 Å². The molecule has 1 aromatic rings. The van der Waals surface area contributed by atoms with Crippen molar-refractivity contribution in [2.45, 2.75) is 82.6 Å². The average molecular weight is 405 g/mol. The number of rotatable bonds is 3. The van der Waals surface area contributed by atoms with Crippen LogP contribution in [0.2, 0.25) is 18.1 Å². The summed E-state index contributed by atoms with van der Waals surface area (Å²) in [7, 11) is -2.01. The Balaban J connectivity index is 1.86. The Bertz CT molecular complexity index is 759. The minimum absolute atomic E-state index is 0.0598. The smallest absolute Gasteiger partial charge is 0.192 e. The van der Waals surface area contributed by atoms with Crippen molar-refractivity contribution in [3.05, 3.63) is 35.9 Å². The molecule has 1 aromatic carbocycles. The summed E-state index contributed by atoms with van der Waals surface area (Å²) in [4.78, 5) is 0. The van der Waals surface area contributed by atoms with Gasteiger partial charge in [-0.05, 0) is 44.1 Å². The largest absolute Gasteiger partial charge is 0.414 e. The fourth-order valence-corrected chi connectivity index (χ4v) is 4.09. The van der Waals surface area contributed by atoms with E-state index in [-0.39, 0.29) is 11.6 Å². The van der Waals surface area contributed by atoms with Gasteiger partial charge in [0.2, 0.25) is 0 Å². The first-order valence-corrected chi connectivity index (χ1v) is 12.7. The summed E-state index contributed by atoms with van der Waals surface area (Å²) in [5.41, 5.74) is -0.696. The van der Waals surface area contributed by atoms with E-state index in [1.54, 1.807) is 13.8 Å². The summed E-state index contributed by atoms with van der Waals surface area (Å²) < 4.78 is 24.1. The van der Waals surface area contributed by atoms with Gasteiger partial charge in [-0.1, -0.05) is 50.8 Å². The van der Waals surface area contributed by atoms with E-state index in [9.17, 15) is 5.11 Å². The maximum absolute atomic E-state index is 11.5. The third kappa shape index (κ3) is 4.20. The molecule has 0 aromatic heterocycles. The summed E-state index contributed by atoms with van der Waals surface area (Å²) >= 11 is 0. The number of hydrogen-bond donors (Lipinski definition) is 1. The molecule has 0 amide bonds. The predicted molar refractivity (Wildman–Crippen MR) is 110 cm³/mol. The fourth-order valence-electron chi connectivity index (χ4n) is 3.09. The molecule has 1 N–H and O–H groups in total. The molecule has 28 heavy (non-hydrogen) atoms. The first-order valence-electron chi connectivity index (χ1n) is 9.80. The Morgan fingerprint density at radius 2 is 1.79 bits per heavy atom. The van der Waals surface area contributed by atoms with Gasteiger partial charge in [0.1, 0.15) is 6.10 Å². The molecule has 4 atom stereocenters. The number of aliphatic hydroxyl groups is 1. The van der Waals surface area contributed by atoms with Gasteiger partial charge in [-0.2, -0.15) is 0 Å². The van der Waals surface area contributed by atoms with Crippen molar-refractivity contribution in [1.29, 1.82) is 0 Å². The van der Waals surface area contributed by atoms with Gasteiger partial charge < -0.3 is 23.7 Å². The lowest BCUT2D eigenvalue weighted by Crippen LogP contribution is -2.52. The van der Waals surface area contributed by atoms with E-state index < -0.39 is 38.2 Å². The molecule has 0 spiro atoms. The van der Waals surface area contributed by atoms with Gasteiger partial charge >= 0.3 is 0 Å². The van der Waals surface area contributed by atoms with E-state index in [2.05, 4.69) is 45.7 Å². The first kappa shape index (κ1) is 21.5. The molecule has 2 saturated heterocycles. The molecule has 0 radical (unpaired) electrons. The number of ether oxygens (including phenoxy) is 3. The third-order valence-electron chi connectivity index (χ3n) is 5.86. The highest BCUT2D eigenvalue weighted by atomic mass is 28.4. The first-order chi connectivity index (χ1) is 12.8. The summed E-state index contributed by atoms with van der Waals surface area (Å²) in [6, 6.07) is 9.57. The molecular weight excluding hydrogens is 372 g/mol. The SMILES string of the molecule is CC1(C)O[C@H]2O[C@H](CO[Si](C)(C)C(C)(C)C)[C@](O)(C#Cc3ccccc3)[C@H]2O1. The second-order valence-electron chi connectivity index (χ2n) is 9.56. The van der Waals surface area contributed by atoms with Crippen molar-refractivity contribution < 1.29 is 23.7 Å². The molecule has 6 heteroatoms. The monoisotopic (exact) mass is 404 g/mol. The summed E-state index contributed by atoms with van der Waals surface area (Å²) in [5, 5.41) is 11.6. The Morgan fingerprint density at radius 1 is 1.14 bits per heavy atom. The second-order valence-corrected chi connectivity index (χ2v) is 14.4.